The first-order valence-corrected chi connectivity index (χ1v) is 9.07. The third-order valence-corrected chi connectivity index (χ3v) is 4.58. The molecule has 0 aliphatic carbocycles. The molecule has 0 bridgehead atoms. The van der Waals surface area contributed by atoms with Gasteiger partial charge < -0.3 is 10.1 Å². The summed E-state index contributed by atoms with van der Waals surface area (Å²) in [7, 11) is 1.31. The van der Waals surface area contributed by atoms with Gasteiger partial charge in [-0.05, 0) is 6.07 Å². The van der Waals surface area contributed by atoms with E-state index in [2.05, 4.69) is 20.4 Å². The highest BCUT2D eigenvalue weighted by Gasteiger charge is 2.41. The summed E-state index contributed by atoms with van der Waals surface area (Å²) in [6.45, 7) is 0. The van der Waals surface area contributed by atoms with Crippen LogP contribution < -0.4 is 10.1 Å². The lowest BCUT2D eigenvalue weighted by Crippen LogP contribution is -2.21. The lowest BCUT2D eigenvalue weighted by Gasteiger charge is -2.14. The molecule has 0 radical (unpaired) electrons. The summed E-state index contributed by atoms with van der Waals surface area (Å²) in [5.74, 6) is -1.04. The van der Waals surface area contributed by atoms with Crippen molar-refractivity contribution in [3.05, 3.63) is 71.9 Å². The van der Waals surface area contributed by atoms with Gasteiger partial charge in [0.05, 0.1) is 42.6 Å². The van der Waals surface area contributed by atoms with Crippen LogP contribution in [-0.2, 0) is 6.18 Å². The van der Waals surface area contributed by atoms with Crippen molar-refractivity contribution < 1.29 is 22.7 Å². The molecule has 1 amide bonds. The monoisotopic (exact) mass is 438 g/mol. The van der Waals surface area contributed by atoms with Crippen molar-refractivity contribution in [3.8, 4) is 17.6 Å². The number of methoxy groups -OCH3 is 1. The predicted octanol–water partition coefficient (Wildman–Crippen LogP) is 3.97. The molecule has 0 saturated carbocycles. The van der Waals surface area contributed by atoms with Crippen LogP contribution in [0.25, 0.3) is 16.5 Å². The van der Waals surface area contributed by atoms with Gasteiger partial charge in [0.2, 0.25) is 5.88 Å². The van der Waals surface area contributed by atoms with E-state index in [0.717, 1.165) is 6.20 Å². The minimum absolute atomic E-state index is 0.0128. The number of ether oxygens (including phenoxy) is 1. The van der Waals surface area contributed by atoms with Gasteiger partial charge in [-0.15, -0.1) is 0 Å². The fourth-order valence-corrected chi connectivity index (χ4v) is 3.20. The zero-order valence-electron chi connectivity index (χ0n) is 16.4. The number of benzene rings is 1. The summed E-state index contributed by atoms with van der Waals surface area (Å²) >= 11 is 0. The number of aromatic nitrogens is 4. The van der Waals surface area contributed by atoms with E-state index < -0.39 is 23.3 Å². The Hall–Kier alpha value is -4.46. The van der Waals surface area contributed by atoms with Crippen LogP contribution in [0.5, 0.6) is 5.88 Å². The molecule has 4 rings (SSSR count). The number of nitriles is 1. The molecule has 3 aromatic heterocycles. The SMILES string of the molecule is COc1ncc(NC(=O)c2cnn(-c3cncc4ccccc34)c2C(F)(F)F)cc1C#N. The Morgan fingerprint density at radius 2 is 1.97 bits per heavy atom. The van der Waals surface area contributed by atoms with E-state index in [9.17, 15) is 18.0 Å². The summed E-state index contributed by atoms with van der Waals surface area (Å²) < 4.78 is 47.6. The average molecular weight is 438 g/mol. The number of anilines is 1. The summed E-state index contributed by atoms with van der Waals surface area (Å²) in [5.41, 5.74) is -1.83. The average Bonchev–Trinajstić information content (AvgIpc) is 3.24. The van der Waals surface area contributed by atoms with E-state index in [0.29, 0.717) is 15.5 Å². The quantitative estimate of drug-likeness (QED) is 0.517. The van der Waals surface area contributed by atoms with Crippen molar-refractivity contribution in [2.24, 2.45) is 0 Å². The van der Waals surface area contributed by atoms with Gasteiger partial charge in [0.25, 0.3) is 5.91 Å². The number of amides is 1. The third-order valence-electron chi connectivity index (χ3n) is 4.58. The molecule has 32 heavy (non-hydrogen) atoms. The fraction of sp³-hybridized carbons (Fsp3) is 0.0952. The van der Waals surface area contributed by atoms with Crippen LogP contribution in [0.2, 0.25) is 0 Å². The molecule has 0 fully saturated rings. The van der Waals surface area contributed by atoms with Gasteiger partial charge in [0.1, 0.15) is 11.6 Å². The van der Waals surface area contributed by atoms with Crippen LogP contribution >= 0.6 is 0 Å². The van der Waals surface area contributed by atoms with Crippen LogP contribution in [0.1, 0.15) is 21.6 Å². The molecule has 0 aliphatic rings. The molecule has 4 aromatic rings. The first-order valence-electron chi connectivity index (χ1n) is 9.07. The van der Waals surface area contributed by atoms with Crippen LogP contribution in [0.4, 0.5) is 18.9 Å². The Labute approximate surface area is 178 Å². The third kappa shape index (κ3) is 3.69. The molecule has 1 N–H and O–H groups in total. The Morgan fingerprint density at radius 1 is 1.19 bits per heavy atom. The molecule has 0 spiro atoms. The lowest BCUT2D eigenvalue weighted by molar-refractivity contribution is -0.143. The van der Waals surface area contributed by atoms with Crippen LogP contribution in [0, 0.1) is 11.3 Å². The number of halogens is 3. The Balaban J connectivity index is 1.79. The molecule has 1 aromatic carbocycles. The summed E-state index contributed by atoms with van der Waals surface area (Å²) in [6.07, 6.45) is -0.117. The number of rotatable bonds is 4. The Bertz CT molecular complexity index is 1370. The maximum Gasteiger partial charge on any atom is 0.434 e. The number of fused-ring (bicyclic) bond motifs is 1. The molecule has 11 heteroatoms. The van der Waals surface area contributed by atoms with E-state index >= 15 is 0 Å². The molecule has 0 atom stereocenters. The summed E-state index contributed by atoms with van der Waals surface area (Å²) in [4.78, 5) is 20.6. The smallest absolute Gasteiger partial charge is 0.434 e. The first-order chi connectivity index (χ1) is 15.3. The summed E-state index contributed by atoms with van der Waals surface area (Å²) in [6, 6.07) is 9.84. The van der Waals surface area contributed by atoms with Gasteiger partial charge in [0.15, 0.2) is 5.69 Å². The van der Waals surface area contributed by atoms with Crippen LogP contribution in [0.15, 0.2) is 55.1 Å². The van der Waals surface area contributed by atoms with Crippen molar-refractivity contribution in [2.75, 3.05) is 12.4 Å². The molecular weight excluding hydrogens is 425 g/mol. The number of pyridine rings is 2. The van der Waals surface area contributed by atoms with Gasteiger partial charge in [-0.25, -0.2) is 9.67 Å². The number of carbonyl (C=O) groups is 1. The molecule has 3 heterocycles. The largest absolute Gasteiger partial charge is 0.480 e. The molecule has 0 aliphatic heterocycles. The lowest BCUT2D eigenvalue weighted by atomic mass is 10.1. The highest BCUT2D eigenvalue weighted by molar-refractivity contribution is 6.05. The highest BCUT2D eigenvalue weighted by Crippen LogP contribution is 2.35. The van der Waals surface area contributed by atoms with E-state index in [-0.39, 0.29) is 22.8 Å². The molecular formula is C21H13F3N6O2. The van der Waals surface area contributed by atoms with Crippen LogP contribution in [0.3, 0.4) is 0 Å². The number of carbonyl (C=O) groups excluding carboxylic acids is 1. The van der Waals surface area contributed by atoms with Crippen LogP contribution in [-0.4, -0.2) is 32.8 Å². The molecule has 0 unspecified atom stereocenters. The molecule has 160 valence electrons. The second kappa shape index (κ2) is 7.99. The second-order valence-electron chi connectivity index (χ2n) is 6.54. The van der Waals surface area contributed by atoms with Crippen molar-refractivity contribution >= 4 is 22.4 Å². The van der Waals surface area contributed by atoms with Crippen molar-refractivity contribution in [3.63, 3.8) is 0 Å². The number of hydrogen-bond donors (Lipinski definition) is 1. The number of nitrogens with one attached hydrogen (secondary N) is 1. The predicted molar refractivity (Wildman–Crippen MR) is 107 cm³/mol. The topological polar surface area (TPSA) is 106 Å². The zero-order chi connectivity index (χ0) is 22.9. The van der Waals surface area contributed by atoms with Crippen molar-refractivity contribution in [1.82, 2.24) is 19.7 Å². The minimum Gasteiger partial charge on any atom is -0.480 e. The Morgan fingerprint density at radius 3 is 2.69 bits per heavy atom. The van der Waals surface area contributed by atoms with E-state index in [1.165, 1.54) is 31.8 Å². The number of nitrogens with zero attached hydrogens (tertiary/aromatic N) is 5. The first kappa shape index (κ1) is 20.8. The number of alkyl halides is 3. The minimum atomic E-state index is -4.89. The fourth-order valence-electron chi connectivity index (χ4n) is 3.20. The van der Waals surface area contributed by atoms with Gasteiger partial charge >= 0.3 is 6.18 Å². The van der Waals surface area contributed by atoms with Gasteiger partial charge in [-0.2, -0.15) is 23.5 Å². The standard InChI is InChI=1S/C21H13F3N6O2/c1-32-20-13(7-25)6-14(9-27-20)29-19(31)16-10-28-30(18(16)21(22,23)24)17-11-26-8-12-4-2-3-5-15(12)17/h2-6,8-11H,1H3,(H,29,31). The van der Waals surface area contributed by atoms with E-state index in [1.54, 1.807) is 24.3 Å². The normalized spacial score (nSPS) is 11.2. The van der Waals surface area contributed by atoms with Gasteiger partial charge in [-0.1, -0.05) is 24.3 Å². The summed E-state index contributed by atoms with van der Waals surface area (Å²) in [5, 5.41) is 16.4. The maximum absolute atomic E-state index is 14.0. The Kier molecular flexibility index (Phi) is 5.19. The molecule has 8 nitrogen and oxygen atoms in total. The number of hydrogen-bond acceptors (Lipinski definition) is 6. The van der Waals surface area contributed by atoms with Crippen molar-refractivity contribution in [1.29, 1.82) is 5.26 Å². The maximum atomic E-state index is 14.0. The van der Waals surface area contributed by atoms with Crippen molar-refractivity contribution in [2.45, 2.75) is 6.18 Å². The van der Waals surface area contributed by atoms with E-state index in [1.807, 2.05) is 6.07 Å². The zero-order valence-corrected chi connectivity index (χ0v) is 16.4. The van der Waals surface area contributed by atoms with Gasteiger partial charge in [0, 0.05) is 17.0 Å². The molecule has 0 saturated heterocycles. The second-order valence-corrected chi connectivity index (χ2v) is 6.54. The van der Waals surface area contributed by atoms with Gasteiger partial charge in [-0.3, -0.25) is 9.78 Å². The van der Waals surface area contributed by atoms with E-state index in [4.69, 9.17) is 10.00 Å². The highest BCUT2D eigenvalue weighted by atomic mass is 19.4.